The summed E-state index contributed by atoms with van der Waals surface area (Å²) >= 11 is 0. The number of nitrogens with one attached hydrogen (secondary N) is 2. The lowest BCUT2D eigenvalue weighted by Crippen LogP contribution is -2.36. The minimum absolute atomic E-state index is 0.113. The van der Waals surface area contributed by atoms with Crippen LogP contribution in [0.1, 0.15) is 32.3 Å². The van der Waals surface area contributed by atoms with Crippen molar-refractivity contribution in [2.24, 2.45) is 0 Å². The van der Waals surface area contributed by atoms with E-state index in [0.29, 0.717) is 18.6 Å². The molecular weight excluding hydrogens is 250 g/mol. The maximum atomic E-state index is 11.9. The van der Waals surface area contributed by atoms with Gasteiger partial charge in [0.1, 0.15) is 0 Å². The quantitative estimate of drug-likeness (QED) is 0.799. The molecule has 0 spiro atoms. The van der Waals surface area contributed by atoms with Crippen molar-refractivity contribution in [2.75, 3.05) is 18.5 Å². The summed E-state index contributed by atoms with van der Waals surface area (Å²) in [6.07, 6.45) is 2.26. The highest BCUT2D eigenvalue weighted by atomic mass is 16.2. The van der Waals surface area contributed by atoms with Crippen LogP contribution in [0.15, 0.2) is 24.3 Å². The average Bonchev–Trinajstić information content (AvgIpc) is 3.20. The highest BCUT2D eigenvalue weighted by molar-refractivity contribution is 5.82. The number of carbonyl (C=O) groups excluding carboxylic acids is 1. The average molecular weight is 275 g/mol. The lowest BCUT2D eigenvalue weighted by atomic mass is 10.1. The van der Waals surface area contributed by atoms with Gasteiger partial charge in [-0.1, -0.05) is 32.0 Å². The van der Waals surface area contributed by atoms with E-state index in [4.69, 9.17) is 0 Å². The molecule has 0 heterocycles. The van der Waals surface area contributed by atoms with Gasteiger partial charge in [-0.2, -0.15) is 0 Å². The van der Waals surface area contributed by atoms with Gasteiger partial charge in [-0.25, -0.2) is 0 Å². The SMILES string of the molecule is CC(C)NCc1ccccc1N(C)CC(=O)NC1CC1. The molecule has 1 aromatic carbocycles. The van der Waals surface area contributed by atoms with E-state index in [-0.39, 0.29) is 5.91 Å². The number of hydrogen-bond donors (Lipinski definition) is 2. The van der Waals surface area contributed by atoms with Crippen LogP contribution in [0.3, 0.4) is 0 Å². The largest absolute Gasteiger partial charge is 0.365 e. The Morgan fingerprint density at radius 1 is 1.35 bits per heavy atom. The number of hydrogen-bond acceptors (Lipinski definition) is 3. The first-order chi connectivity index (χ1) is 9.56. The number of amides is 1. The molecule has 1 fully saturated rings. The van der Waals surface area contributed by atoms with Gasteiger partial charge in [0.05, 0.1) is 6.54 Å². The second-order valence-electron chi connectivity index (χ2n) is 5.86. The molecule has 0 unspecified atom stereocenters. The Labute approximate surface area is 121 Å². The van der Waals surface area contributed by atoms with E-state index in [1.54, 1.807) is 0 Å². The summed E-state index contributed by atoms with van der Waals surface area (Å²) in [5, 5.41) is 6.45. The van der Waals surface area contributed by atoms with Crippen LogP contribution in [0, 0.1) is 0 Å². The molecule has 1 aromatic rings. The number of carbonyl (C=O) groups is 1. The molecule has 1 amide bonds. The fraction of sp³-hybridized carbons (Fsp3) is 0.562. The number of benzene rings is 1. The molecule has 0 aliphatic heterocycles. The number of rotatable bonds is 7. The van der Waals surface area contributed by atoms with Crippen LogP contribution < -0.4 is 15.5 Å². The van der Waals surface area contributed by atoms with E-state index < -0.39 is 0 Å². The molecule has 4 heteroatoms. The van der Waals surface area contributed by atoms with Crippen LogP contribution in [0.4, 0.5) is 5.69 Å². The van der Waals surface area contributed by atoms with E-state index in [1.165, 1.54) is 5.56 Å². The predicted octanol–water partition coefficient (Wildman–Crippen LogP) is 1.90. The van der Waals surface area contributed by atoms with E-state index >= 15 is 0 Å². The zero-order valence-electron chi connectivity index (χ0n) is 12.6. The van der Waals surface area contributed by atoms with Gasteiger partial charge in [0.2, 0.25) is 5.91 Å². The normalized spacial score (nSPS) is 14.4. The van der Waals surface area contributed by atoms with Gasteiger partial charge in [0, 0.05) is 31.4 Å². The highest BCUT2D eigenvalue weighted by Gasteiger charge is 2.23. The maximum Gasteiger partial charge on any atom is 0.239 e. The van der Waals surface area contributed by atoms with Gasteiger partial charge in [0.25, 0.3) is 0 Å². The summed E-state index contributed by atoms with van der Waals surface area (Å²) in [5.41, 5.74) is 2.34. The van der Waals surface area contributed by atoms with Crippen LogP contribution in [-0.2, 0) is 11.3 Å². The monoisotopic (exact) mass is 275 g/mol. The zero-order chi connectivity index (χ0) is 14.5. The van der Waals surface area contributed by atoms with Crippen LogP contribution in [0.2, 0.25) is 0 Å². The van der Waals surface area contributed by atoms with E-state index in [0.717, 1.165) is 25.1 Å². The molecule has 110 valence electrons. The van der Waals surface area contributed by atoms with Gasteiger partial charge in [-0.05, 0) is 24.5 Å². The summed E-state index contributed by atoms with van der Waals surface area (Å²) in [4.78, 5) is 13.9. The minimum atomic E-state index is 0.113. The van der Waals surface area contributed by atoms with Gasteiger partial charge in [-0.3, -0.25) is 4.79 Å². The fourth-order valence-corrected chi connectivity index (χ4v) is 2.15. The smallest absolute Gasteiger partial charge is 0.239 e. The minimum Gasteiger partial charge on any atom is -0.365 e. The maximum absolute atomic E-state index is 11.9. The van der Waals surface area contributed by atoms with Gasteiger partial charge < -0.3 is 15.5 Å². The number of likely N-dealkylation sites (N-methyl/N-ethyl adjacent to an activating group) is 1. The number of nitrogens with zero attached hydrogens (tertiary/aromatic N) is 1. The first-order valence-corrected chi connectivity index (χ1v) is 7.38. The molecule has 0 aromatic heterocycles. The Hall–Kier alpha value is -1.55. The van der Waals surface area contributed by atoms with Crippen molar-refractivity contribution < 1.29 is 4.79 Å². The summed E-state index contributed by atoms with van der Waals surface area (Å²) < 4.78 is 0. The summed E-state index contributed by atoms with van der Waals surface area (Å²) in [6, 6.07) is 9.12. The lowest BCUT2D eigenvalue weighted by molar-refractivity contribution is -0.119. The molecule has 0 radical (unpaired) electrons. The molecular formula is C16H25N3O. The first-order valence-electron chi connectivity index (χ1n) is 7.38. The Kier molecular flexibility index (Phi) is 5.01. The third-order valence-corrected chi connectivity index (χ3v) is 3.43. The van der Waals surface area contributed by atoms with E-state index in [9.17, 15) is 4.79 Å². The van der Waals surface area contributed by atoms with Crippen molar-refractivity contribution in [2.45, 2.75) is 45.3 Å². The van der Waals surface area contributed by atoms with Crippen LogP contribution in [0.25, 0.3) is 0 Å². The second kappa shape index (κ2) is 6.75. The van der Waals surface area contributed by atoms with Crippen molar-refractivity contribution >= 4 is 11.6 Å². The standard InChI is InChI=1S/C16H25N3O/c1-12(2)17-10-13-6-4-5-7-15(13)19(3)11-16(20)18-14-8-9-14/h4-7,12,14,17H,8-11H2,1-3H3,(H,18,20). The van der Waals surface area contributed by atoms with Crippen molar-refractivity contribution in [1.82, 2.24) is 10.6 Å². The van der Waals surface area contributed by atoms with Gasteiger partial charge in [-0.15, -0.1) is 0 Å². The van der Waals surface area contributed by atoms with E-state index in [1.807, 2.05) is 24.1 Å². The van der Waals surface area contributed by atoms with Gasteiger partial charge >= 0.3 is 0 Å². The zero-order valence-corrected chi connectivity index (χ0v) is 12.6. The van der Waals surface area contributed by atoms with E-state index in [2.05, 4.69) is 36.6 Å². The molecule has 2 N–H and O–H groups in total. The fourth-order valence-electron chi connectivity index (χ4n) is 2.15. The Morgan fingerprint density at radius 2 is 2.05 bits per heavy atom. The third-order valence-electron chi connectivity index (χ3n) is 3.43. The summed E-state index contributed by atoms with van der Waals surface area (Å²) in [5.74, 6) is 0.113. The van der Waals surface area contributed by atoms with Crippen LogP contribution >= 0.6 is 0 Å². The molecule has 20 heavy (non-hydrogen) atoms. The predicted molar refractivity (Wildman–Crippen MR) is 82.9 cm³/mol. The van der Waals surface area contributed by atoms with Gasteiger partial charge in [0.15, 0.2) is 0 Å². The highest BCUT2D eigenvalue weighted by Crippen LogP contribution is 2.20. The van der Waals surface area contributed by atoms with Crippen LogP contribution in [0.5, 0.6) is 0 Å². The van der Waals surface area contributed by atoms with Crippen molar-refractivity contribution in [1.29, 1.82) is 0 Å². The number of anilines is 1. The second-order valence-corrected chi connectivity index (χ2v) is 5.86. The molecule has 1 aliphatic carbocycles. The first kappa shape index (κ1) is 14.9. The molecule has 0 saturated heterocycles. The van der Waals surface area contributed by atoms with Crippen molar-refractivity contribution in [3.8, 4) is 0 Å². The number of para-hydroxylation sites is 1. The van der Waals surface area contributed by atoms with Crippen LogP contribution in [-0.4, -0.2) is 31.6 Å². The topological polar surface area (TPSA) is 44.4 Å². The van der Waals surface area contributed by atoms with Crippen molar-refractivity contribution in [3.05, 3.63) is 29.8 Å². The van der Waals surface area contributed by atoms with Crippen molar-refractivity contribution in [3.63, 3.8) is 0 Å². The molecule has 1 saturated carbocycles. The molecule has 4 nitrogen and oxygen atoms in total. The molecule has 0 atom stereocenters. The third kappa shape index (κ3) is 4.53. The molecule has 0 bridgehead atoms. The Morgan fingerprint density at radius 3 is 2.70 bits per heavy atom. The Balaban J connectivity index is 1.96. The Bertz CT molecular complexity index is 455. The molecule has 1 aliphatic rings. The summed E-state index contributed by atoms with van der Waals surface area (Å²) in [6.45, 7) is 5.50. The molecule has 2 rings (SSSR count). The lowest BCUT2D eigenvalue weighted by Gasteiger charge is -2.22. The summed E-state index contributed by atoms with van der Waals surface area (Å²) in [7, 11) is 1.97.